The molecule has 0 saturated heterocycles. The molecule has 0 aliphatic rings. The van der Waals surface area contributed by atoms with E-state index in [0.717, 1.165) is 5.56 Å². The third-order valence-corrected chi connectivity index (χ3v) is 2.74. The maximum absolute atomic E-state index is 11.1. The highest BCUT2D eigenvalue weighted by atomic mass is 16.5. The molecule has 0 aliphatic heterocycles. The van der Waals surface area contributed by atoms with Gasteiger partial charge in [0.15, 0.2) is 0 Å². The molecule has 0 radical (unpaired) electrons. The van der Waals surface area contributed by atoms with Crippen molar-refractivity contribution in [1.82, 2.24) is 0 Å². The molecule has 0 aliphatic carbocycles. The summed E-state index contributed by atoms with van der Waals surface area (Å²) in [5, 5.41) is 9.10. The van der Waals surface area contributed by atoms with E-state index < -0.39 is 5.97 Å². The fraction of sp³-hybridized carbons (Fsp3) is 0.0625. The van der Waals surface area contributed by atoms with Crippen LogP contribution in [0, 0.1) is 0 Å². The van der Waals surface area contributed by atoms with Crippen molar-refractivity contribution in [2.24, 2.45) is 0 Å². The largest absolute Gasteiger partial charge is 0.488 e. The summed E-state index contributed by atoms with van der Waals surface area (Å²) in [5.41, 5.74) is 1.73. The number of hydrogen-bond donors (Lipinski definition) is 1. The molecule has 1 N–H and O–H groups in total. The molecule has 0 fully saturated rings. The molecule has 96 valence electrons. The van der Waals surface area contributed by atoms with Crippen LogP contribution in [0.3, 0.4) is 0 Å². The smallest absolute Gasteiger partial charge is 0.336 e. The molecule has 2 aromatic rings. The number of carboxylic acid groups (broad SMARTS) is 1. The van der Waals surface area contributed by atoms with Gasteiger partial charge in [-0.05, 0) is 17.7 Å². The minimum Gasteiger partial charge on any atom is -0.488 e. The first kappa shape index (κ1) is 12.9. The number of hydrogen-bond acceptors (Lipinski definition) is 2. The average Bonchev–Trinajstić information content (AvgIpc) is 2.45. The van der Waals surface area contributed by atoms with Gasteiger partial charge in [-0.25, -0.2) is 4.79 Å². The Balaban J connectivity index is 2.23. The molecule has 0 spiro atoms. The van der Waals surface area contributed by atoms with Gasteiger partial charge in [-0.1, -0.05) is 49.1 Å². The zero-order valence-corrected chi connectivity index (χ0v) is 10.4. The van der Waals surface area contributed by atoms with Crippen LogP contribution in [-0.4, -0.2) is 11.1 Å². The van der Waals surface area contributed by atoms with Gasteiger partial charge in [0.1, 0.15) is 12.4 Å². The van der Waals surface area contributed by atoms with E-state index in [-0.39, 0.29) is 5.56 Å². The molecule has 0 bridgehead atoms. The lowest BCUT2D eigenvalue weighted by Crippen LogP contribution is -2.03. The van der Waals surface area contributed by atoms with Gasteiger partial charge in [0, 0.05) is 5.56 Å². The summed E-state index contributed by atoms with van der Waals surface area (Å²) < 4.78 is 5.67. The summed E-state index contributed by atoms with van der Waals surface area (Å²) in [6.07, 6.45) is 1.50. The van der Waals surface area contributed by atoms with Crippen LogP contribution < -0.4 is 4.74 Å². The summed E-state index contributed by atoms with van der Waals surface area (Å²) in [6, 6.07) is 14.6. The Hall–Kier alpha value is -2.55. The third kappa shape index (κ3) is 3.01. The second-order valence-electron chi connectivity index (χ2n) is 4.00. The summed E-state index contributed by atoms with van der Waals surface area (Å²) in [6.45, 7) is 4.04. The van der Waals surface area contributed by atoms with Crippen LogP contribution in [0.5, 0.6) is 5.75 Å². The average molecular weight is 254 g/mol. The first-order chi connectivity index (χ1) is 9.22. The maximum atomic E-state index is 11.1. The van der Waals surface area contributed by atoms with Gasteiger partial charge in [-0.2, -0.15) is 0 Å². The third-order valence-electron chi connectivity index (χ3n) is 2.74. The van der Waals surface area contributed by atoms with Crippen molar-refractivity contribution in [3.8, 4) is 5.75 Å². The lowest BCUT2D eigenvalue weighted by atomic mass is 10.1. The molecular weight excluding hydrogens is 240 g/mol. The molecule has 0 saturated carbocycles. The van der Waals surface area contributed by atoms with E-state index in [9.17, 15) is 4.79 Å². The van der Waals surface area contributed by atoms with E-state index in [1.807, 2.05) is 30.3 Å². The van der Waals surface area contributed by atoms with Crippen molar-refractivity contribution in [2.75, 3.05) is 0 Å². The van der Waals surface area contributed by atoms with Crippen molar-refractivity contribution >= 4 is 12.0 Å². The van der Waals surface area contributed by atoms with Gasteiger partial charge in [-0.3, -0.25) is 0 Å². The van der Waals surface area contributed by atoms with E-state index in [0.29, 0.717) is 17.9 Å². The monoisotopic (exact) mass is 254 g/mol. The number of carbonyl (C=O) groups is 1. The Morgan fingerprint density at radius 3 is 2.53 bits per heavy atom. The summed E-state index contributed by atoms with van der Waals surface area (Å²) >= 11 is 0. The van der Waals surface area contributed by atoms with Crippen molar-refractivity contribution in [2.45, 2.75) is 6.61 Å². The Labute approximate surface area is 111 Å². The molecule has 19 heavy (non-hydrogen) atoms. The fourth-order valence-electron chi connectivity index (χ4n) is 1.80. The number of ether oxygens (including phenoxy) is 1. The Morgan fingerprint density at radius 2 is 1.89 bits per heavy atom. The molecule has 3 nitrogen and oxygen atoms in total. The minimum absolute atomic E-state index is 0.195. The van der Waals surface area contributed by atoms with Gasteiger partial charge >= 0.3 is 5.97 Å². The van der Waals surface area contributed by atoms with E-state index in [2.05, 4.69) is 6.58 Å². The highest BCUT2D eigenvalue weighted by Gasteiger charge is 2.12. The quantitative estimate of drug-likeness (QED) is 0.886. The van der Waals surface area contributed by atoms with Crippen LogP contribution >= 0.6 is 0 Å². The lowest BCUT2D eigenvalue weighted by Gasteiger charge is -2.11. The number of rotatable bonds is 5. The van der Waals surface area contributed by atoms with Crippen LogP contribution in [-0.2, 0) is 6.61 Å². The van der Waals surface area contributed by atoms with Gasteiger partial charge in [0.05, 0.1) is 5.56 Å². The zero-order valence-electron chi connectivity index (χ0n) is 10.4. The van der Waals surface area contributed by atoms with Crippen LogP contribution in [0.2, 0.25) is 0 Å². The predicted octanol–water partition coefficient (Wildman–Crippen LogP) is 3.61. The van der Waals surface area contributed by atoms with E-state index in [1.165, 1.54) is 12.1 Å². The molecule has 2 rings (SSSR count). The second kappa shape index (κ2) is 5.87. The molecule has 0 aromatic heterocycles. The normalized spacial score (nSPS) is 9.89. The van der Waals surface area contributed by atoms with E-state index in [1.54, 1.807) is 12.1 Å². The lowest BCUT2D eigenvalue weighted by molar-refractivity contribution is 0.0696. The minimum atomic E-state index is -0.986. The van der Waals surface area contributed by atoms with Crippen molar-refractivity contribution in [1.29, 1.82) is 0 Å². The number of aromatic carboxylic acids is 1. The van der Waals surface area contributed by atoms with Crippen molar-refractivity contribution < 1.29 is 14.6 Å². The first-order valence-electron chi connectivity index (χ1n) is 5.88. The van der Waals surface area contributed by atoms with Crippen LogP contribution in [0.25, 0.3) is 6.08 Å². The Kier molecular flexibility index (Phi) is 3.98. The zero-order chi connectivity index (χ0) is 13.7. The van der Waals surface area contributed by atoms with Crippen LogP contribution in [0.4, 0.5) is 0 Å². The summed E-state index contributed by atoms with van der Waals surface area (Å²) in [7, 11) is 0. The predicted molar refractivity (Wildman–Crippen MR) is 74.3 cm³/mol. The number of carboxylic acids is 1. The van der Waals surface area contributed by atoms with Crippen LogP contribution in [0.15, 0.2) is 55.1 Å². The highest BCUT2D eigenvalue weighted by molar-refractivity contribution is 5.93. The second-order valence-corrected chi connectivity index (χ2v) is 4.00. The number of benzene rings is 2. The molecule has 3 heteroatoms. The van der Waals surface area contributed by atoms with E-state index in [4.69, 9.17) is 9.84 Å². The standard InChI is InChI=1S/C16H14O3/c1-2-13-14(16(17)18)9-6-10-15(13)19-11-12-7-4-3-5-8-12/h2-10H,1,11H2,(H,17,18). The summed E-state index contributed by atoms with van der Waals surface area (Å²) in [4.78, 5) is 11.1. The molecule has 0 amide bonds. The Bertz CT molecular complexity index is 588. The van der Waals surface area contributed by atoms with Gasteiger partial charge in [-0.15, -0.1) is 0 Å². The SMILES string of the molecule is C=Cc1c(OCc2ccccc2)cccc1C(=O)O. The first-order valence-corrected chi connectivity index (χ1v) is 5.88. The molecule has 0 heterocycles. The highest BCUT2D eigenvalue weighted by Crippen LogP contribution is 2.24. The van der Waals surface area contributed by atoms with Gasteiger partial charge in [0.25, 0.3) is 0 Å². The van der Waals surface area contributed by atoms with Gasteiger partial charge in [0.2, 0.25) is 0 Å². The fourth-order valence-corrected chi connectivity index (χ4v) is 1.80. The maximum Gasteiger partial charge on any atom is 0.336 e. The Morgan fingerprint density at radius 1 is 1.16 bits per heavy atom. The topological polar surface area (TPSA) is 46.5 Å². The van der Waals surface area contributed by atoms with Crippen LogP contribution in [0.1, 0.15) is 21.5 Å². The molecule has 0 unspecified atom stereocenters. The summed E-state index contributed by atoms with van der Waals surface area (Å²) in [5.74, 6) is -0.459. The molecular formula is C16H14O3. The van der Waals surface area contributed by atoms with Gasteiger partial charge < -0.3 is 9.84 Å². The van der Waals surface area contributed by atoms with Crippen molar-refractivity contribution in [3.63, 3.8) is 0 Å². The molecule has 0 atom stereocenters. The van der Waals surface area contributed by atoms with E-state index >= 15 is 0 Å². The van der Waals surface area contributed by atoms with Crippen molar-refractivity contribution in [3.05, 3.63) is 71.8 Å². The molecule has 2 aromatic carbocycles.